The highest BCUT2D eigenvalue weighted by atomic mass is 35.5. The van der Waals surface area contributed by atoms with Crippen molar-refractivity contribution in [1.29, 1.82) is 0 Å². The Kier molecular flexibility index (Phi) is 2.97. The first kappa shape index (κ1) is 13.2. The lowest BCUT2D eigenvalue weighted by Crippen LogP contribution is -2.24. The number of benzene rings is 1. The number of aromatic nitrogens is 2. The van der Waals surface area contributed by atoms with Crippen molar-refractivity contribution in [2.75, 3.05) is 0 Å². The molecule has 0 unspecified atom stereocenters. The van der Waals surface area contributed by atoms with E-state index in [1.807, 2.05) is 6.20 Å². The summed E-state index contributed by atoms with van der Waals surface area (Å²) in [5, 5.41) is 18.3. The lowest BCUT2D eigenvalue weighted by molar-refractivity contribution is -0.384. The smallest absolute Gasteiger partial charge is 0.269 e. The molecule has 1 N–H and O–H groups in total. The van der Waals surface area contributed by atoms with E-state index in [9.17, 15) is 10.1 Å². The van der Waals surface area contributed by atoms with Gasteiger partial charge in [-0.05, 0) is 24.1 Å². The second kappa shape index (κ2) is 4.74. The van der Waals surface area contributed by atoms with Crippen molar-refractivity contribution in [3.05, 3.63) is 51.8 Å². The summed E-state index contributed by atoms with van der Waals surface area (Å²) in [7, 11) is 0. The zero-order chi connectivity index (χ0) is 14.6. The summed E-state index contributed by atoms with van der Waals surface area (Å²) in [5.74, 6) is 0.774. The number of nitro groups is 1. The minimum atomic E-state index is -0.382. The summed E-state index contributed by atoms with van der Waals surface area (Å²) in [4.78, 5) is 11.3. The molecule has 1 heterocycles. The highest BCUT2D eigenvalue weighted by Crippen LogP contribution is 2.59. The minimum absolute atomic E-state index is 0.0836. The maximum absolute atomic E-state index is 10.7. The number of nitrogens with zero attached hydrogens (tertiary/aromatic N) is 2. The summed E-state index contributed by atoms with van der Waals surface area (Å²) in [5.41, 5.74) is 2.60. The van der Waals surface area contributed by atoms with E-state index in [1.165, 1.54) is 11.3 Å². The number of hydrogen-bond donors (Lipinski definition) is 1. The Morgan fingerprint density at radius 2 is 2.10 bits per heavy atom. The van der Waals surface area contributed by atoms with Crippen molar-refractivity contribution in [3.8, 4) is 0 Å². The van der Waals surface area contributed by atoms with Gasteiger partial charge in [-0.2, -0.15) is 5.10 Å². The Labute approximate surface area is 130 Å². The second-order valence-electron chi connectivity index (χ2n) is 5.47. The Morgan fingerprint density at radius 3 is 2.81 bits per heavy atom. The number of thioether (sulfide) groups is 1. The van der Waals surface area contributed by atoms with Crippen LogP contribution in [0.25, 0.3) is 0 Å². The molecular weight excluding hydrogens is 310 g/mol. The van der Waals surface area contributed by atoms with E-state index in [0.29, 0.717) is 11.8 Å². The number of rotatable bonds is 3. The summed E-state index contributed by atoms with van der Waals surface area (Å²) >= 11 is 8.33. The molecule has 5 nitrogen and oxygen atoms in total. The van der Waals surface area contributed by atoms with Crippen molar-refractivity contribution in [1.82, 2.24) is 10.2 Å². The highest BCUT2D eigenvalue weighted by Gasteiger charge is 2.51. The summed E-state index contributed by atoms with van der Waals surface area (Å²) in [6.45, 7) is 0. The molecule has 1 aromatic heterocycles. The van der Waals surface area contributed by atoms with Crippen LogP contribution in [0.1, 0.15) is 29.5 Å². The molecule has 7 heteroatoms. The first-order valence-corrected chi connectivity index (χ1v) is 8.05. The summed E-state index contributed by atoms with van der Waals surface area (Å²) in [6, 6.07) is 6.68. The van der Waals surface area contributed by atoms with Gasteiger partial charge in [0.05, 0.1) is 16.5 Å². The molecular formula is C14H12ClN3O2S. The fourth-order valence-electron chi connectivity index (χ4n) is 3.42. The molecule has 2 aliphatic rings. The third kappa shape index (κ3) is 1.97. The van der Waals surface area contributed by atoms with Crippen LogP contribution in [0.3, 0.4) is 0 Å². The number of halogens is 1. The van der Waals surface area contributed by atoms with Gasteiger partial charge in [0.1, 0.15) is 0 Å². The van der Waals surface area contributed by atoms with Crippen LogP contribution in [0.2, 0.25) is 0 Å². The number of H-pyrrole nitrogens is 1. The standard InChI is InChI=1S/C14H12ClN3O2S/c15-12-9-5-10(13-11(9)6-16-17-13)14(12)21-8-3-1-7(2-4-8)18(19)20/h1-4,6,9-10,12,14H,5H2,(H,16,17)/t9-,10+,12+,14+/m0/s1. The van der Waals surface area contributed by atoms with Crippen LogP contribution in [0.4, 0.5) is 5.69 Å². The molecule has 2 bridgehead atoms. The molecule has 1 fully saturated rings. The van der Waals surface area contributed by atoms with Crippen molar-refractivity contribution >= 4 is 29.1 Å². The van der Waals surface area contributed by atoms with E-state index >= 15 is 0 Å². The van der Waals surface area contributed by atoms with Crippen LogP contribution in [0.5, 0.6) is 0 Å². The van der Waals surface area contributed by atoms with Gasteiger partial charge in [0.25, 0.3) is 5.69 Å². The van der Waals surface area contributed by atoms with Gasteiger partial charge in [0.2, 0.25) is 0 Å². The molecule has 0 amide bonds. The number of aromatic amines is 1. The lowest BCUT2D eigenvalue weighted by Gasteiger charge is -2.25. The molecule has 21 heavy (non-hydrogen) atoms. The van der Waals surface area contributed by atoms with Crippen molar-refractivity contribution in [2.24, 2.45) is 0 Å². The van der Waals surface area contributed by atoms with Crippen molar-refractivity contribution in [2.45, 2.75) is 33.8 Å². The Hall–Kier alpha value is -1.53. The number of non-ortho nitro benzene ring substituents is 1. The second-order valence-corrected chi connectivity index (χ2v) is 7.22. The average Bonchev–Trinajstić information content (AvgIpc) is 3.13. The van der Waals surface area contributed by atoms with Crippen molar-refractivity contribution < 1.29 is 4.92 Å². The number of nitrogens with one attached hydrogen (secondary N) is 1. The van der Waals surface area contributed by atoms with Gasteiger partial charge in [-0.1, -0.05) is 0 Å². The highest BCUT2D eigenvalue weighted by molar-refractivity contribution is 8.00. The SMILES string of the molecule is O=[N+]([O-])c1ccc(S[C@H]2[C@H](Cl)[C@H]3C[C@@H]2c2[nH]ncc23)cc1. The van der Waals surface area contributed by atoms with Crippen LogP contribution < -0.4 is 0 Å². The molecule has 1 saturated carbocycles. The number of fused-ring (bicyclic) bond motifs is 5. The quantitative estimate of drug-likeness (QED) is 0.532. The Bertz CT molecular complexity index is 702. The molecule has 1 aromatic carbocycles. The third-order valence-electron chi connectivity index (χ3n) is 4.39. The average molecular weight is 322 g/mol. The number of nitro benzene ring substituents is 1. The molecule has 0 spiro atoms. The van der Waals surface area contributed by atoms with Gasteiger partial charge >= 0.3 is 0 Å². The van der Waals surface area contributed by atoms with E-state index < -0.39 is 0 Å². The molecule has 2 aliphatic carbocycles. The van der Waals surface area contributed by atoms with Gasteiger partial charge in [-0.25, -0.2) is 0 Å². The van der Waals surface area contributed by atoms with Gasteiger partial charge in [-0.15, -0.1) is 23.4 Å². The monoisotopic (exact) mass is 321 g/mol. The van der Waals surface area contributed by atoms with Gasteiger partial charge in [-0.3, -0.25) is 15.2 Å². The summed E-state index contributed by atoms with van der Waals surface area (Å²) in [6.07, 6.45) is 2.96. The molecule has 0 saturated heterocycles. The largest absolute Gasteiger partial charge is 0.282 e. The van der Waals surface area contributed by atoms with Crippen LogP contribution in [0.15, 0.2) is 35.4 Å². The van der Waals surface area contributed by atoms with Crippen LogP contribution in [0, 0.1) is 10.1 Å². The molecule has 2 aromatic rings. The Balaban J connectivity index is 1.57. The Morgan fingerprint density at radius 1 is 1.33 bits per heavy atom. The molecule has 108 valence electrons. The molecule has 4 rings (SSSR count). The van der Waals surface area contributed by atoms with E-state index in [-0.39, 0.29) is 21.2 Å². The third-order valence-corrected chi connectivity index (χ3v) is 6.56. The van der Waals surface area contributed by atoms with Gasteiger partial charge in [0, 0.05) is 39.8 Å². The zero-order valence-electron chi connectivity index (χ0n) is 10.9. The van der Waals surface area contributed by atoms with E-state index in [1.54, 1.807) is 36.0 Å². The lowest BCUT2D eigenvalue weighted by atomic mass is 9.97. The maximum atomic E-state index is 10.7. The fourth-order valence-corrected chi connectivity index (χ4v) is 5.32. The number of alkyl halides is 1. The topological polar surface area (TPSA) is 71.8 Å². The van der Waals surface area contributed by atoms with Crippen LogP contribution in [-0.2, 0) is 0 Å². The first-order chi connectivity index (χ1) is 10.1. The number of hydrogen-bond acceptors (Lipinski definition) is 4. The maximum Gasteiger partial charge on any atom is 0.269 e. The van der Waals surface area contributed by atoms with E-state index in [4.69, 9.17) is 11.6 Å². The van der Waals surface area contributed by atoms with E-state index in [0.717, 1.165) is 11.3 Å². The normalized spacial score (nSPS) is 29.6. The van der Waals surface area contributed by atoms with Crippen LogP contribution >= 0.6 is 23.4 Å². The minimum Gasteiger partial charge on any atom is -0.282 e. The molecule has 0 radical (unpaired) electrons. The molecule has 0 aliphatic heterocycles. The summed E-state index contributed by atoms with van der Waals surface area (Å²) < 4.78 is 0. The molecule has 4 atom stereocenters. The zero-order valence-corrected chi connectivity index (χ0v) is 12.5. The van der Waals surface area contributed by atoms with Gasteiger partial charge in [0.15, 0.2) is 0 Å². The fraction of sp³-hybridized carbons (Fsp3) is 0.357. The van der Waals surface area contributed by atoms with E-state index in [2.05, 4.69) is 10.2 Å². The first-order valence-electron chi connectivity index (χ1n) is 6.73. The van der Waals surface area contributed by atoms with Crippen LogP contribution in [-0.4, -0.2) is 25.7 Å². The predicted molar refractivity (Wildman–Crippen MR) is 81.1 cm³/mol. The predicted octanol–water partition coefficient (Wildman–Crippen LogP) is 3.67. The van der Waals surface area contributed by atoms with Gasteiger partial charge < -0.3 is 0 Å². The van der Waals surface area contributed by atoms with Crippen molar-refractivity contribution in [3.63, 3.8) is 0 Å².